The van der Waals surface area contributed by atoms with Gasteiger partial charge in [-0.1, -0.05) is 0 Å². The van der Waals surface area contributed by atoms with Gasteiger partial charge in [-0.15, -0.1) is 0 Å². The van der Waals surface area contributed by atoms with Crippen molar-refractivity contribution in [2.75, 3.05) is 7.11 Å². The van der Waals surface area contributed by atoms with Crippen LogP contribution < -0.4 is 5.48 Å². The van der Waals surface area contributed by atoms with Crippen LogP contribution >= 0.6 is 11.8 Å². The van der Waals surface area contributed by atoms with E-state index < -0.39 is 11.4 Å². The van der Waals surface area contributed by atoms with Crippen molar-refractivity contribution in [3.8, 4) is 0 Å². The molecule has 3 nitrogen and oxygen atoms in total. The Morgan fingerprint density at radius 3 is 2.31 bits per heavy atom. The van der Waals surface area contributed by atoms with E-state index in [2.05, 4.69) is 10.3 Å². The van der Waals surface area contributed by atoms with E-state index in [1.165, 1.54) is 31.4 Å². The van der Waals surface area contributed by atoms with Crippen LogP contribution in [-0.4, -0.2) is 18.5 Å². The van der Waals surface area contributed by atoms with Gasteiger partial charge in [0.2, 0.25) is 0 Å². The van der Waals surface area contributed by atoms with Crippen LogP contribution in [0.4, 0.5) is 13.2 Å². The molecule has 0 fully saturated rings. The van der Waals surface area contributed by atoms with E-state index in [-0.39, 0.29) is 22.2 Å². The smallest absolute Gasteiger partial charge is 0.277 e. The normalized spacial score (nSPS) is 11.2. The summed E-state index contributed by atoms with van der Waals surface area (Å²) < 4.78 is 36.0. The molecule has 88 valence electrons. The van der Waals surface area contributed by atoms with Gasteiger partial charge in [-0.2, -0.15) is 13.2 Å². The van der Waals surface area contributed by atoms with Crippen molar-refractivity contribution in [2.24, 2.45) is 0 Å². The molecule has 0 aliphatic heterocycles. The highest BCUT2D eigenvalue weighted by atomic mass is 32.2. The molecular weight excluding hydrogens is 243 g/mol. The molecule has 0 aliphatic rings. The first-order chi connectivity index (χ1) is 7.42. The zero-order valence-electron chi connectivity index (χ0n) is 8.17. The van der Waals surface area contributed by atoms with Crippen molar-refractivity contribution in [1.29, 1.82) is 0 Å². The van der Waals surface area contributed by atoms with Gasteiger partial charge in [-0.05, 0) is 36.0 Å². The molecule has 1 aromatic carbocycles. The lowest BCUT2D eigenvalue weighted by Crippen LogP contribution is -2.21. The van der Waals surface area contributed by atoms with Crippen LogP contribution in [0.15, 0.2) is 29.2 Å². The first-order valence-electron chi connectivity index (χ1n) is 4.11. The van der Waals surface area contributed by atoms with E-state index in [0.717, 1.165) is 0 Å². The number of amides is 1. The summed E-state index contributed by atoms with van der Waals surface area (Å²) in [7, 11) is 1.27. The van der Waals surface area contributed by atoms with Crippen LogP contribution in [0.5, 0.6) is 0 Å². The Kier molecular flexibility index (Phi) is 4.19. The van der Waals surface area contributed by atoms with Crippen LogP contribution in [0, 0.1) is 0 Å². The highest BCUT2D eigenvalue weighted by Gasteiger charge is 2.29. The van der Waals surface area contributed by atoms with Crippen LogP contribution in [0.1, 0.15) is 10.4 Å². The van der Waals surface area contributed by atoms with Crippen molar-refractivity contribution in [3.63, 3.8) is 0 Å². The van der Waals surface area contributed by atoms with Gasteiger partial charge in [0, 0.05) is 10.5 Å². The summed E-state index contributed by atoms with van der Waals surface area (Å²) >= 11 is -0.228. The molecule has 0 saturated heterocycles. The summed E-state index contributed by atoms with van der Waals surface area (Å²) in [6.45, 7) is 0. The summed E-state index contributed by atoms with van der Waals surface area (Å²) in [5.74, 6) is -0.508. The van der Waals surface area contributed by atoms with Crippen molar-refractivity contribution in [2.45, 2.75) is 10.4 Å². The van der Waals surface area contributed by atoms with E-state index in [1.807, 2.05) is 0 Å². The maximum Gasteiger partial charge on any atom is 0.446 e. The third kappa shape index (κ3) is 4.11. The first-order valence-corrected chi connectivity index (χ1v) is 4.93. The molecule has 0 atom stereocenters. The molecule has 7 heteroatoms. The SMILES string of the molecule is CONC(=O)c1ccc(SC(F)(F)F)cc1. The van der Waals surface area contributed by atoms with E-state index in [1.54, 1.807) is 0 Å². The third-order valence-corrected chi connectivity index (χ3v) is 2.28. The number of thioether (sulfide) groups is 1. The molecule has 1 amide bonds. The predicted octanol–water partition coefficient (Wildman–Crippen LogP) is 2.59. The average molecular weight is 251 g/mol. The molecule has 0 saturated carbocycles. The number of nitrogens with one attached hydrogen (secondary N) is 1. The second-order valence-corrected chi connectivity index (χ2v) is 3.85. The molecule has 1 aromatic rings. The molecule has 0 unspecified atom stereocenters. The number of hydrogen-bond donors (Lipinski definition) is 1. The van der Waals surface area contributed by atoms with Gasteiger partial charge >= 0.3 is 5.51 Å². The quantitative estimate of drug-likeness (QED) is 0.663. The molecule has 1 N–H and O–H groups in total. The predicted molar refractivity (Wildman–Crippen MR) is 52.8 cm³/mol. The minimum Gasteiger partial charge on any atom is -0.277 e. The van der Waals surface area contributed by atoms with Gasteiger partial charge in [0.05, 0.1) is 7.11 Å². The molecule has 16 heavy (non-hydrogen) atoms. The summed E-state index contributed by atoms with van der Waals surface area (Å²) in [5, 5.41) is 0. The molecule has 1 rings (SSSR count). The van der Waals surface area contributed by atoms with Gasteiger partial charge in [0.1, 0.15) is 0 Å². The van der Waals surface area contributed by atoms with Gasteiger partial charge in [0.15, 0.2) is 0 Å². The Hall–Kier alpha value is -1.21. The number of carbonyl (C=O) groups is 1. The Bertz CT molecular complexity index is 364. The highest BCUT2D eigenvalue weighted by molar-refractivity contribution is 8.00. The van der Waals surface area contributed by atoms with Gasteiger partial charge in [-0.25, -0.2) is 5.48 Å². The molecule has 0 aromatic heterocycles. The lowest BCUT2D eigenvalue weighted by molar-refractivity contribution is -0.0328. The molecule has 0 heterocycles. The van der Waals surface area contributed by atoms with Gasteiger partial charge in [-0.3, -0.25) is 9.63 Å². The number of benzene rings is 1. The zero-order chi connectivity index (χ0) is 12.2. The van der Waals surface area contributed by atoms with Gasteiger partial charge in [0.25, 0.3) is 5.91 Å². The second-order valence-electron chi connectivity index (χ2n) is 2.71. The Morgan fingerprint density at radius 1 is 1.31 bits per heavy atom. The molecule has 0 spiro atoms. The largest absolute Gasteiger partial charge is 0.446 e. The van der Waals surface area contributed by atoms with Crippen molar-refractivity contribution < 1.29 is 22.8 Å². The molecule has 0 aliphatic carbocycles. The van der Waals surface area contributed by atoms with Gasteiger partial charge < -0.3 is 0 Å². The number of hydroxylamine groups is 1. The van der Waals surface area contributed by atoms with Crippen LogP contribution in [0.25, 0.3) is 0 Å². The fraction of sp³-hybridized carbons (Fsp3) is 0.222. The van der Waals surface area contributed by atoms with Crippen molar-refractivity contribution in [3.05, 3.63) is 29.8 Å². The second kappa shape index (κ2) is 5.22. The van der Waals surface area contributed by atoms with Crippen LogP contribution in [0.3, 0.4) is 0 Å². The maximum absolute atomic E-state index is 12.0. The fourth-order valence-electron chi connectivity index (χ4n) is 0.960. The zero-order valence-corrected chi connectivity index (χ0v) is 8.98. The summed E-state index contributed by atoms with van der Waals surface area (Å²) in [6.07, 6.45) is 0. The fourth-order valence-corrected chi connectivity index (χ4v) is 1.50. The minimum absolute atomic E-state index is 0.0291. The lowest BCUT2D eigenvalue weighted by Gasteiger charge is -2.06. The number of carbonyl (C=O) groups excluding carboxylic acids is 1. The summed E-state index contributed by atoms with van der Waals surface area (Å²) in [5.41, 5.74) is -2.03. The molecule has 0 bridgehead atoms. The van der Waals surface area contributed by atoms with E-state index in [9.17, 15) is 18.0 Å². The number of halogens is 3. The van der Waals surface area contributed by atoms with E-state index in [4.69, 9.17) is 0 Å². The summed E-state index contributed by atoms with van der Waals surface area (Å²) in [4.78, 5) is 15.6. The maximum atomic E-state index is 12.0. The monoisotopic (exact) mass is 251 g/mol. The Labute approximate surface area is 93.9 Å². The van der Waals surface area contributed by atoms with Crippen LogP contribution in [0.2, 0.25) is 0 Å². The molecular formula is C9H8F3NO2S. The Balaban J connectivity index is 2.72. The number of hydrogen-bond acceptors (Lipinski definition) is 3. The van der Waals surface area contributed by atoms with Crippen molar-refractivity contribution >= 4 is 17.7 Å². The summed E-state index contributed by atoms with van der Waals surface area (Å²) in [6, 6.07) is 5.04. The first kappa shape index (κ1) is 12.9. The lowest BCUT2D eigenvalue weighted by atomic mass is 10.2. The highest BCUT2D eigenvalue weighted by Crippen LogP contribution is 2.36. The number of alkyl halides is 3. The van der Waals surface area contributed by atoms with E-state index in [0.29, 0.717) is 0 Å². The topological polar surface area (TPSA) is 38.3 Å². The molecule has 0 radical (unpaired) electrons. The van der Waals surface area contributed by atoms with Crippen molar-refractivity contribution in [1.82, 2.24) is 5.48 Å². The van der Waals surface area contributed by atoms with Crippen LogP contribution in [-0.2, 0) is 4.84 Å². The minimum atomic E-state index is -4.32. The van der Waals surface area contributed by atoms with E-state index >= 15 is 0 Å². The Morgan fingerprint density at radius 2 is 1.88 bits per heavy atom. The standard InChI is InChI=1S/C9H8F3NO2S/c1-15-13-8(14)6-2-4-7(5-3-6)16-9(10,11)12/h2-5H,1H3,(H,13,14). The number of rotatable bonds is 3. The average Bonchev–Trinajstić information content (AvgIpc) is 2.16. The third-order valence-electron chi connectivity index (χ3n) is 1.54.